The first-order valence-electron chi connectivity index (χ1n) is 9.78. The molecule has 152 valence electrons. The maximum Gasteiger partial charge on any atom is 0.220 e. The molecule has 5 nitrogen and oxygen atoms in total. The van der Waals surface area contributed by atoms with Gasteiger partial charge >= 0.3 is 0 Å². The first kappa shape index (κ1) is 20.7. The van der Waals surface area contributed by atoms with E-state index in [1.807, 2.05) is 80.8 Å². The molecule has 1 heterocycles. The molecular weight excluding hydrogens is 364 g/mol. The lowest BCUT2D eigenvalue weighted by Crippen LogP contribution is -2.34. The van der Waals surface area contributed by atoms with Gasteiger partial charge in [-0.3, -0.25) is 4.79 Å². The highest BCUT2D eigenvalue weighted by Gasteiger charge is 2.19. The summed E-state index contributed by atoms with van der Waals surface area (Å²) < 4.78 is 11.4. The van der Waals surface area contributed by atoms with Crippen LogP contribution in [-0.4, -0.2) is 38.6 Å². The summed E-state index contributed by atoms with van der Waals surface area (Å²) in [6, 6.07) is 21.8. The molecule has 29 heavy (non-hydrogen) atoms. The van der Waals surface area contributed by atoms with E-state index < -0.39 is 0 Å². The summed E-state index contributed by atoms with van der Waals surface area (Å²) >= 11 is 0. The second kappa shape index (κ2) is 9.94. The van der Waals surface area contributed by atoms with Crippen LogP contribution in [0, 0.1) is 0 Å². The number of amides is 1. The molecule has 0 aliphatic heterocycles. The molecule has 0 bridgehead atoms. The number of hydrogen-bond acceptors (Lipinski definition) is 4. The summed E-state index contributed by atoms with van der Waals surface area (Å²) in [5.41, 5.74) is 2.09. The minimum atomic E-state index is 0.00408. The molecule has 0 aliphatic carbocycles. The van der Waals surface area contributed by atoms with Crippen LogP contribution in [-0.2, 0) is 11.2 Å². The van der Waals surface area contributed by atoms with Crippen molar-refractivity contribution in [2.45, 2.75) is 18.9 Å². The van der Waals surface area contributed by atoms with E-state index in [0.717, 1.165) is 28.4 Å². The van der Waals surface area contributed by atoms with Crippen molar-refractivity contribution in [1.82, 2.24) is 10.2 Å². The third kappa shape index (κ3) is 5.48. The van der Waals surface area contributed by atoms with Crippen molar-refractivity contribution < 1.29 is 13.9 Å². The predicted octanol–water partition coefficient (Wildman–Crippen LogP) is 4.31. The molecule has 1 aromatic heterocycles. The van der Waals surface area contributed by atoms with E-state index in [1.54, 1.807) is 7.11 Å². The zero-order valence-corrected chi connectivity index (χ0v) is 17.2. The molecule has 3 aromatic rings. The topological polar surface area (TPSA) is 54.7 Å². The van der Waals surface area contributed by atoms with Gasteiger partial charge in [0.2, 0.25) is 5.91 Å². The number of methoxy groups -OCH3 is 1. The van der Waals surface area contributed by atoms with Crippen LogP contribution in [0.4, 0.5) is 0 Å². The van der Waals surface area contributed by atoms with Crippen LogP contribution in [0.15, 0.2) is 71.1 Å². The normalized spacial score (nSPS) is 12.0. The summed E-state index contributed by atoms with van der Waals surface area (Å²) in [4.78, 5) is 14.5. The lowest BCUT2D eigenvalue weighted by molar-refractivity contribution is -0.121. The molecule has 0 aliphatic rings. The Morgan fingerprint density at radius 2 is 1.76 bits per heavy atom. The number of carbonyl (C=O) groups is 1. The van der Waals surface area contributed by atoms with Gasteiger partial charge in [-0.25, -0.2) is 0 Å². The van der Waals surface area contributed by atoms with Crippen molar-refractivity contribution >= 4 is 5.91 Å². The van der Waals surface area contributed by atoms with E-state index in [4.69, 9.17) is 9.15 Å². The lowest BCUT2D eigenvalue weighted by Gasteiger charge is -2.26. The lowest BCUT2D eigenvalue weighted by atomic mass is 10.0. The fourth-order valence-corrected chi connectivity index (χ4v) is 3.32. The van der Waals surface area contributed by atoms with Gasteiger partial charge in [-0.1, -0.05) is 48.5 Å². The molecule has 5 heteroatoms. The summed E-state index contributed by atoms with van der Waals surface area (Å²) in [5.74, 6) is 2.46. The van der Waals surface area contributed by atoms with Crippen molar-refractivity contribution in [3.8, 4) is 17.1 Å². The second-order valence-corrected chi connectivity index (χ2v) is 7.16. The van der Waals surface area contributed by atoms with Crippen LogP contribution in [0.3, 0.4) is 0 Å². The fraction of sp³-hybridized carbons (Fsp3) is 0.292. The molecular formula is C24H28N2O3. The van der Waals surface area contributed by atoms with Gasteiger partial charge in [-0.2, -0.15) is 0 Å². The van der Waals surface area contributed by atoms with Crippen LogP contribution < -0.4 is 10.1 Å². The Labute approximate surface area is 172 Å². The Kier molecular flexibility index (Phi) is 7.09. The number of furan rings is 1. The molecule has 1 amide bonds. The number of para-hydroxylation sites is 1. The average molecular weight is 392 g/mol. The molecule has 0 saturated carbocycles. The maximum atomic E-state index is 12.4. The van der Waals surface area contributed by atoms with Crippen LogP contribution in [0.2, 0.25) is 0 Å². The highest BCUT2D eigenvalue weighted by molar-refractivity contribution is 5.76. The molecule has 3 rings (SSSR count). The molecule has 0 spiro atoms. The summed E-state index contributed by atoms with van der Waals surface area (Å²) in [6.45, 7) is 0.514. The maximum absolute atomic E-state index is 12.4. The number of carbonyl (C=O) groups excluding carboxylic acids is 1. The van der Waals surface area contributed by atoms with Gasteiger partial charge in [-0.15, -0.1) is 0 Å². The second-order valence-electron chi connectivity index (χ2n) is 7.16. The van der Waals surface area contributed by atoms with Gasteiger partial charge < -0.3 is 19.4 Å². The molecule has 0 fully saturated rings. The Morgan fingerprint density at radius 3 is 2.48 bits per heavy atom. The van der Waals surface area contributed by atoms with E-state index in [-0.39, 0.29) is 11.9 Å². The smallest absolute Gasteiger partial charge is 0.220 e. The number of aryl methyl sites for hydroxylation is 1. The number of likely N-dealkylation sites (N-methyl/N-ethyl adjacent to an activating group) is 1. The van der Waals surface area contributed by atoms with Gasteiger partial charge in [0.05, 0.1) is 13.2 Å². The quantitative estimate of drug-likeness (QED) is 0.590. The monoisotopic (exact) mass is 392 g/mol. The molecule has 0 radical (unpaired) electrons. The van der Waals surface area contributed by atoms with Gasteiger partial charge in [0.1, 0.15) is 17.3 Å². The van der Waals surface area contributed by atoms with Gasteiger partial charge in [0.15, 0.2) is 0 Å². The van der Waals surface area contributed by atoms with Gasteiger partial charge in [-0.05, 0) is 32.3 Å². The largest absolute Gasteiger partial charge is 0.496 e. The minimum Gasteiger partial charge on any atom is -0.496 e. The standard InChI is InChI=1S/C24H28N2O3/c1-26(2)21(20-11-7-8-12-23(20)28-3)17-25-24(27)16-14-19-13-15-22(29-19)18-9-5-4-6-10-18/h4-13,15,21H,14,16-17H2,1-3H3,(H,25,27). The Hall–Kier alpha value is -3.05. The third-order valence-corrected chi connectivity index (χ3v) is 4.93. The van der Waals surface area contributed by atoms with Crippen LogP contribution in [0.25, 0.3) is 11.3 Å². The Morgan fingerprint density at radius 1 is 1.03 bits per heavy atom. The van der Waals surface area contributed by atoms with Crippen molar-refractivity contribution in [3.63, 3.8) is 0 Å². The first-order chi connectivity index (χ1) is 14.1. The number of hydrogen-bond donors (Lipinski definition) is 1. The number of rotatable bonds is 9. The van der Waals surface area contributed by atoms with E-state index in [2.05, 4.69) is 10.2 Å². The van der Waals surface area contributed by atoms with E-state index >= 15 is 0 Å². The number of nitrogens with one attached hydrogen (secondary N) is 1. The van der Waals surface area contributed by atoms with Gasteiger partial charge in [0.25, 0.3) is 0 Å². The van der Waals surface area contributed by atoms with Crippen LogP contribution in [0.1, 0.15) is 23.8 Å². The first-order valence-corrected chi connectivity index (χ1v) is 9.78. The third-order valence-electron chi connectivity index (χ3n) is 4.93. The Bertz CT molecular complexity index is 919. The van der Waals surface area contributed by atoms with E-state index in [9.17, 15) is 4.79 Å². The van der Waals surface area contributed by atoms with Crippen molar-refractivity contribution in [3.05, 3.63) is 78.1 Å². The van der Waals surface area contributed by atoms with Crippen molar-refractivity contribution in [2.24, 2.45) is 0 Å². The molecule has 2 aromatic carbocycles. The highest BCUT2D eigenvalue weighted by atomic mass is 16.5. The fourth-order valence-electron chi connectivity index (χ4n) is 3.32. The Balaban J connectivity index is 1.54. The number of ether oxygens (including phenoxy) is 1. The van der Waals surface area contributed by atoms with E-state index in [1.165, 1.54) is 0 Å². The average Bonchev–Trinajstić information content (AvgIpc) is 3.22. The zero-order valence-electron chi connectivity index (χ0n) is 17.2. The van der Waals surface area contributed by atoms with Crippen molar-refractivity contribution in [1.29, 1.82) is 0 Å². The summed E-state index contributed by atoms with van der Waals surface area (Å²) in [7, 11) is 5.66. The van der Waals surface area contributed by atoms with E-state index in [0.29, 0.717) is 19.4 Å². The predicted molar refractivity (Wildman–Crippen MR) is 115 cm³/mol. The molecule has 0 saturated heterocycles. The molecule has 1 N–H and O–H groups in total. The van der Waals surface area contributed by atoms with Crippen molar-refractivity contribution in [2.75, 3.05) is 27.7 Å². The zero-order chi connectivity index (χ0) is 20.6. The van der Waals surface area contributed by atoms with Crippen LogP contribution in [0.5, 0.6) is 5.75 Å². The van der Waals surface area contributed by atoms with Gasteiger partial charge in [0, 0.05) is 30.5 Å². The minimum absolute atomic E-state index is 0.00408. The summed E-state index contributed by atoms with van der Waals surface area (Å²) in [6.07, 6.45) is 0.952. The molecule has 1 unspecified atom stereocenters. The highest BCUT2D eigenvalue weighted by Crippen LogP contribution is 2.27. The number of benzene rings is 2. The number of nitrogens with zero attached hydrogens (tertiary/aromatic N) is 1. The van der Waals surface area contributed by atoms with Crippen LogP contribution >= 0.6 is 0 Å². The summed E-state index contributed by atoms with van der Waals surface area (Å²) in [5, 5.41) is 3.04. The molecule has 1 atom stereocenters. The SMILES string of the molecule is COc1ccccc1C(CNC(=O)CCc1ccc(-c2ccccc2)o1)N(C)C.